The van der Waals surface area contributed by atoms with Gasteiger partial charge in [0, 0.05) is 11.6 Å². The second-order valence-electron chi connectivity index (χ2n) is 7.61. The van der Waals surface area contributed by atoms with Crippen molar-refractivity contribution in [2.45, 2.75) is 26.4 Å². The molecule has 0 saturated heterocycles. The molecule has 9 heteroatoms. The van der Waals surface area contributed by atoms with Crippen LogP contribution in [0.25, 0.3) is 16.9 Å². The molecule has 0 radical (unpaired) electrons. The molecule has 0 fully saturated rings. The molecule has 2 aromatic heterocycles. The van der Waals surface area contributed by atoms with E-state index in [1.165, 1.54) is 4.40 Å². The molecule has 1 amide bonds. The predicted octanol–water partition coefficient (Wildman–Crippen LogP) is 2.76. The molecule has 0 aliphatic heterocycles. The lowest BCUT2D eigenvalue weighted by atomic mass is 10.1. The zero-order valence-electron chi connectivity index (χ0n) is 18.9. The first kappa shape index (κ1) is 22.1. The summed E-state index contributed by atoms with van der Waals surface area (Å²) in [5.74, 6) is 1.66. The summed E-state index contributed by atoms with van der Waals surface area (Å²) >= 11 is 0. The van der Waals surface area contributed by atoms with Crippen LogP contribution in [0.15, 0.2) is 59.4 Å². The van der Waals surface area contributed by atoms with E-state index in [2.05, 4.69) is 15.4 Å². The molecule has 9 nitrogen and oxygen atoms in total. The van der Waals surface area contributed by atoms with Gasteiger partial charge in [0.05, 0.1) is 26.0 Å². The summed E-state index contributed by atoms with van der Waals surface area (Å²) in [6, 6.07) is 16.4. The van der Waals surface area contributed by atoms with E-state index < -0.39 is 5.69 Å². The fraction of sp³-hybridized carbons (Fsp3) is 0.250. The monoisotopic (exact) mass is 447 g/mol. The van der Waals surface area contributed by atoms with Gasteiger partial charge >= 0.3 is 5.69 Å². The first-order valence-electron chi connectivity index (χ1n) is 10.4. The number of ether oxygens (including phenoxy) is 2. The van der Waals surface area contributed by atoms with E-state index in [0.717, 1.165) is 27.3 Å². The Morgan fingerprint density at radius 1 is 1.03 bits per heavy atom. The molecule has 0 saturated carbocycles. The fourth-order valence-corrected chi connectivity index (χ4v) is 3.61. The highest BCUT2D eigenvalue weighted by Crippen LogP contribution is 2.22. The molecule has 2 aromatic carbocycles. The summed E-state index contributed by atoms with van der Waals surface area (Å²) < 4.78 is 12.9. The van der Waals surface area contributed by atoms with E-state index in [1.54, 1.807) is 27.2 Å². The van der Waals surface area contributed by atoms with Gasteiger partial charge < -0.3 is 14.8 Å². The van der Waals surface area contributed by atoms with Crippen molar-refractivity contribution in [3.8, 4) is 22.8 Å². The van der Waals surface area contributed by atoms with Crippen LogP contribution in [0.4, 0.5) is 0 Å². The van der Waals surface area contributed by atoms with E-state index in [-0.39, 0.29) is 18.5 Å². The Balaban J connectivity index is 1.55. The van der Waals surface area contributed by atoms with Crippen molar-refractivity contribution >= 4 is 11.6 Å². The van der Waals surface area contributed by atoms with E-state index >= 15 is 0 Å². The largest absolute Gasteiger partial charge is 0.497 e. The van der Waals surface area contributed by atoms with Crippen LogP contribution in [-0.4, -0.2) is 39.3 Å². The molecule has 1 N–H and O–H groups in total. The van der Waals surface area contributed by atoms with Gasteiger partial charge in [-0.15, -0.1) is 5.10 Å². The third kappa shape index (κ3) is 4.57. The number of rotatable bonds is 7. The Hall–Kier alpha value is -4.14. The average molecular weight is 447 g/mol. The first-order valence-corrected chi connectivity index (χ1v) is 10.4. The van der Waals surface area contributed by atoms with Crippen LogP contribution in [0.5, 0.6) is 11.5 Å². The quantitative estimate of drug-likeness (QED) is 0.468. The number of nitrogens with one attached hydrogen (secondary N) is 1. The third-order valence-corrected chi connectivity index (χ3v) is 5.41. The summed E-state index contributed by atoms with van der Waals surface area (Å²) in [5.41, 5.74) is 2.49. The van der Waals surface area contributed by atoms with Crippen molar-refractivity contribution in [1.29, 1.82) is 0 Å². The number of carbonyl (C=O) groups is 1. The Kier molecular flexibility index (Phi) is 6.12. The minimum absolute atomic E-state index is 0.196. The number of carbonyl (C=O) groups excluding carboxylic acids is 1. The van der Waals surface area contributed by atoms with E-state index in [0.29, 0.717) is 17.2 Å². The summed E-state index contributed by atoms with van der Waals surface area (Å²) in [6.45, 7) is 3.42. The van der Waals surface area contributed by atoms with Crippen molar-refractivity contribution in [1.82, 2.24) is 24.5 Å². The molecular weight excluding hydrogens is 422 g/mol. The number of aromatic nitrogens is 4. The lowest BCUT2D eigenvalue weighted by Gasteiger charge is -2.14. The van der Waals surface area contributed by atoms with E-state index in [9.17, 15) is 9.59 Å². The normalized spacial score (nSPS) is 11.9. The molecule has 33 heavy (non-hydrogen) atoms. The Morgan fingerprint density at radius 2 is 1.64 bits per heavy atom. The maximum absolute atomic E-state index is 12.9. The second-order valence-corrected chi connectivity index (χ2v) is 7.61. The van der Waals surface area contributed by atoms with Crippen LogP contribution in [-0.2, 0) is 11.3 Å². The molecule has 0 spiro atoms. The molecule has 0 aliphatic rings. The number of benzene rings is 2. The van der Waals surface area contributed by atoms with Crippen LogP contribution in [0, 0.1) is 6.92 Å². The SMILES string of the molecule is COc1ccc(-c2cc3nn(CC(=O)NC(C)c4ccc(OC)cc4)c(=O)n3c(C)n2)cc1. The van der Waals surface area contributed by atoms with Crippen LogP contribution in [0.1, 0.15) is 24.4 Å². The van der Waals surface area contributed by atoms with Crippen molar-refractivity contribution in [3.05, 3.63) is 76.5 Å². The number of hydrogen-bond donors (Lipinski definition) is 1. The third-order valence-electron chi connectivity index (χ3n) is 5.41. The zero-order valence-corrected chi connectivity index (χ0v) is 18.9. The Morgan fingerprint density at radius 3 is 2.24 bits per heavy atom. The average Bonchev–Trinajstić information content (AvgIpc) is 3.14. The van der Waals surface area contributed by atoms with Gasteiger partial charge in [0.25, 0.3) is 0 Å². The molecular formula is C24H25N5O4. The number of hydrogen-bond acceptors (Lipinski definition) is 6. The molecule has 1 unspecified atom stereocenters. The maximum atomic E-state index is 12.9. The number of amides is 1. The highest BCUT2D eigenvalue weighted by atomic mass is 16.5. The number of nitrogens with zero attached hydrogens (tertiary/aromatic N) is 4. The highest BCUT2D eigenvalue weighted by molar-refractivity contribution is 5.76. The fourth-order valence-electron chi connectivity index (χ4n) is 3.61. The zero-order chi connectivity index (χ0) is 23.5. The van der Waals surface area contributed by atoms with Gasteiger partial charge in [-0.1, -0.05) is 12.1 Å². The molecule has 4 rings (SSSR count). The second kappa shape index (κ2) is 9.15. The number of methoxy groups -OCH3 is 2. The summed E-state index contributed by atoms with van der Waals surface area (Å²) in [7, 11) is 3.21. The van der Waals surface area contributed by atoms with Gasteiger partial charge in [-0.05, 0) is 55.8 Å². The van der Waals surface area contributed by atoms with Crippen molar-refractivity contribution in [2.24, 2.45) is 0 Å². The molecule has 0 aliphatic carbocycles. The van der Waals surface area contributed by atoms with Crippen molar-refractivity contribution < 1.29 is 14.3 Å². The predicted molar refractivity (Wildman–Crippen MR) is 124 cm³/mol. The lowest BCUT2D eigenvalue weighted by molar-refractivity contribution is -0.122. The maximum Gasteiger partial charge on any atom is 0.352 e. The van der Waals surface area contributed by atoms with Gasteiger partial charge in [0.1, 0.15) is 23.9 Å². The van der Waals surface area contributed by atoms with Crippen LogP contribution in [0.3, 0.4) is 0 Å². The molecule has 1 atom stereocenters. The molecule has 0 bridgehead atoms. The Bertz CT molecular complexity index is 1340. The van der Waals surface area contributed by atoms with Crippen LogP contribution >= 0.6 is 0 Å². The van der Waals surface area contributed by atoms with E-state index in [4.69, 9.17) is 9.47 Å². The summed E-state index contributed by atoms with van der Waals surface area (Å²) in [4.78, 5) is 30.0. The smallest absolute Gasteiger partial charge is 0.352 e. The highest BCUT2D eigenvalue weighted by Gasteiger charge is 2.16. The van der Waals surface area contributed by atoms with Gasteiger partial charge in [0.15, 0.2) is 5.65 Å². The molecule has 170 valence electrons. The number of aryl methyl sites for hydroxylation is 1. The van der Waals surface area contributed by atoms with Gasteiger partial charge in [-0.2, -0.15) is 0 Å². The van der Waals surface area contributed by atoms with Crippen molar-refractivity contribution in [3.63, 3.8) is 0 Å². The summed E-state index contributed by atoms with van der Waals surface area (Å²) in [6.07, 6.45) is 0. The first-order chi connectivity index (χ1) is 15.9. The van der Waals surface area contributed by atoms with Crippen molar-refractivity contribution in [2.75, 3.05) is 14.2 Å². The standard InChI is InChI=1S/C24H25N5O4/c1-15(17-5-9-19(32-3)10-6-17)25-23(30)14-28-24(31)29-16(2)26-21(13-22(29)27-28)18-7-11-20(33-4)12-8-18/h5-13,15H,14H2,1-4H3,(H,25,30). The van der Waals surface area contributed by atoms with Gasteiger partial charge in [0.2, 0.25) is 5.91 Å². The van der Waals surface area contributed by atoms with E-state index in [1.807, 2.05) is 55.5 Å². The van der Waals surface area contributed by atoms with Gasteiger partial charge in [-0.3, -0.25) is 4.79 Å². The topological polar surface area (TPSA) is 99.8 Å². The number of fused-ring (bicyclic) bond motifs is 1. The summed E-state index contributed by atoms with van der Waals surface area (Å²) in [5, 5.41) is 7.26. The van der Waals surface area contributed by atoms with Crippen LogP contribution < -0.4 is 20.5 Å². The molecule has 2 heterocycles. The minimum atomic E-state index is -0.413. The van der Waals surface area contributed by atoms with Crippen LogP contribution in [0.2, 0.25) is 0 Å². The Labute approximate surface area is 190 Å². The molecule has 4 aromatic rings. The lowest BCUT2D eigenvalue weighted by Crippen LogP contribution is -2.34. The van der Waals surface area contributed by atoms with Gasteiger partial charge in [-0.25, -0.2) is 18.9 Å². The minimum Gasteiger partial charge on any atom is -0.497 e.